The van der Waals surface area contributed by atoms with Gasteiger partial charge in [-0.2, -0.15) is 0 Å². The second-order valence-corrected chi connectivity index (χ2v) is 3.26. The number of hydrogen-bond acceptors (Lipinski definition) is 5. The minimum Gasteiger partial charge on any atom is -0.390 e. The van der Waals surface area contributed by atoms with Crippen molar-refractivity contribution in [3.63, 3.8) is 0 Å². The van der Waals surface area contributed by atoms with Crippen LogP contribution in [0.4, 0.5) is 0 Å². The van der Waals surface area contributed by atoms with Crippen molar-refractivity contribution >= 4 is 18.9 Å². The minimum atomic E-state index is 0.150. The SMILES string of the molecule is CC=O.CN.NC=NCCCC(C=O)CCCN. The van der Waals surface area contributed by atoms with Gasteiger partial charge in [0.1, 0.15) is 12.6 Å². The van der Waals surface area contributed by atoms with Gasteiger partial charge in [-0.05, 0) is 46.2 Å². The molecule has 6 nitrogen and oxygen atoms in total. The maximum absolute atomic E-state index is 10.6. The number of nitrogens with zero attached hydrogens (tertiary/aromatic N) is 1. The summed E-state index contributed by atoms with van der Waals surface area (Å²) >= 11 is 0. The summed E-state index contributed by atoms with van der Waals surface area (Å²) in [7, 11) is 1.50. The van der Waals surface area contributed by atoms with E-state index in [-0.39, 0.29) is 5.92 Å². The highest BCUT2D eigenvalue weighted by Crippen LogP contribution is 2.10. The van der Waals surface area contributed by atoms with Crippen molar-refractivity contribution in [1.29, 1.82) is 0 Å². The molecule has 0 aromatic carbocycles. The Labute approximate surface area is 110 Å². The number of rotatable bonds is 8. The molecule has 0 rings (SSSR count). The molecule has 0 radical (unpaired) electrons. The average Bonchev–Trinajstić information content (AvgIpc) is 2.41. The third kappa shape index (κ3) is 24.1. The fourth-order valence-electron chi connectivity index (χ4n) is 1.18. The molecule has 0 aliphatic rings. The van der Waals surface area contributed by atoms with Crippen molar-refractivity contribution in [3.8, 4) is 0 Å². The van der Waals surface area contributed by atoms with Crippen LogP contribution in [0.15, 0.2) is 4.99 Å². The van der Waals surface area contributed by atoms with Crippen molar-refractivity contribution in [2.24, 2.45) is 28.1 Å². The zero-order chi connectivity index (χ0) is 14.6. The molecule has 0 fully saturated rings. The lowest BCUT2D eigenvalue weighted by atomic mass is 9.99. The van der Waals surface area contributed by atoms with Gasteiger partial charge in [0.15, 0.2) is 0 Å². The van der Waals surface area contributed by atoms with Gasteiger partial charge < -0.3 is 26.8 Å². The maximum Gasteiger partial charge on any atom is 0.123 e. The van der Waals surface area contributed by atoms with Crippen molar-refractivity contribution < 1.29 is 9.59 Å². The fraction of sp³-hybridized carbons (Fsp3) is 0.750. The van der Waals surface area contributed by atoms with Crippen molar-refractivity contribution in [2.75, 3.05) is 20.1 Å². The Morgan fingerprint density at radius 1 is 1.17 bits per heavy atom. The molecule has 1 unspecified atom stereocenters. The van der Waals surface area contributed by atoms with Gasteiger partial charge in [-0.3, -0.25) is 4.99 Å². The Morgan fingerprint density at radius 3 is 2.06 bits per heavy atom. The van der Waals surface area contributed by atoms with Gasteiger partial charge in [0.2, 0.25) is 0 Å². The van der Waals surface area contributed by atoms with Gasteiger partial charge in [-0.25, -0.2) is 0 Å². The van der Waals surface area contributed by atoms with Crippen LogP contribution < -0.4 is 17.2 Å². The van der Waals surface area contributed by atoms with Gasteiger partial charge in [0.25, 0.3) is 0 Å². The lowest BCUT2D eigenvalue weighted by molar-refractivity contribution is -0.111. The first kappa shape index (κ1) is 22.0. The summed E-state index contributed by atoms with van der Waals surface area (Å²) in [5.41, 5.74) is 14.9. The average molecular weight is 260 g/mol. The Bertz CT molecular complexity index is 187. The molecule has 0 aliphatic heterocycles. The first-order valence-electron chi connectivity index (χ1n) is 6.09. The summed E-state index contributed by atoms with van der Waals surface area (Å²) in [5, 5.41) is 0. The third-order valence-corrected chi connectivity index (χ3v) is 1.94. The van der Waals surface area contributed by atoms with E-state index in [1.807, 2.05) is 0 Å². The quantitative estimate of drug-likeness (QED) is 0.247. The Balaban J connectivity index is -0.000000389. The monoisotopic (exact) mass is 260 g/mol. The topological polar surface area (TPSA) is 125 Å². The van der Waals surface area contributed by atoms with Gasteiger partial charge in [0, 0.05) is 12.5 Å². The second-order valence-electron chi connectivity index (χ2n) is 3.26. The van der Waals surface area contributed by atoms with Gasteiger partial charge in [-0.15, -0.1) is 0 Å². The Hall–Kier alpha value is -1.27. The highest BCUT2D eigenvalue weighted by Gasteiger charge is 2.05. The summed E-state index contributed by atoms with van der Waals surface area (Å²) in [6, 6.07) is 0. The van der Waals surface area contributed by atoms with Crippen LogP contribution in [-0.4, -0.2) is 39.0 Å². The summed E-state index contributed by atoms with van der Waals surface area (Å²) < 4.78 is 0. The summed E-state index contributed by atoms with van der Waals surface area (Å²) in [6.45, 7) is 2.81. The van der Waals surface area contributed by atoms with E-state index >= 15 is 0 Å². The number of hydrogen-bond donors (Lipinski definition) is 3. The molecule has 0 saturated heterocycles. The van der Waals surface area contributed by atoms with Crippen LogP contribution in [0.2, 0.25) is 0 Å². The Morgan fingerprint density at radius 2 is 1.67 bits per heavy atom. The maximum atomic E-state index is 10.6. The fourth-order valence-corrected chi connectivity index (χ4v) is 1.18. The molecule has 1 atom stereocenters. The van der Waals surface area contributed by atoms with E-state index < -0.39 is 0 Å². The van der Waals surface area contributed by atoms with Gasteiger partial charge in [0.05, 0.1) is 6.34 Å². The normalized spacial score (nSPS) is 10.7. The van der Waals surface area contributed by atoms with E-state index in [0.717, 1.165) is 38.3 Å². The zero-order valence-electron chi connectivity index (χ0n) is 11.5. The molecule has 0 heterocycles. The van der Waals surface area contributed by atoms with Crippen LogP contribution in [0.1, 0.15) is 32.6 Å². The molecule has 6 heteroatoms. The third-order valence-electron chi connectivity index (χ3n) is 1.94. The molecule has 0 spiro atoms. The van der Waals surface area contributed by atoms with Crippen molar-refractivity contribution in [2.45, 2.75) is 32.6 Å². The number of aldehydes is 2. The summed E-state index contributed by atoms with van der Waals surface area (Å²) in [4.78, 5) is 23.2. The lowest BCUT2D eigenvalue weighted by Crippen LogP contribution is -2.07. The number of nitrogens with two attached hydrogens (primary N) is 3. The summed E-state index contributed by atoms with van der Waals surface area (Å²) in [6.07, 6.45) is 6.69. The highest BCUT2D eigenvalue weighted by atomic mass is 16.1. The number of carbonyl (C=O) groups excluding carboxylic acids is 2. The first-order chi connectivity index (χ1) is 8.76. The molecule has 0 saturated carbocycles. The van der Waals surface area contributed by atoms with Crippen LogP contribution in [0.3, 0.4) is 0 Å². The van der Waals surface area contributed by atoms with Crippen LogP contribution >= 0.6 is 0 Å². The van der Waals surface area contributed by atoms with E-state index in [2.05, 4.69) is 10.7 Å². The second kappa shape index (κ2) is 24.8. The molecule has 0 bridgehead atoms. The van der Waals surface area contributed by atoms with Crippen LogP contribution in [-0.2, 0) is 9.59 Å². The largest absolute Gasteiger partial charge is 0.390 e. The van der Waals surface area contributed by atoms with Crippen LogP contribution in [0, 0.1) is 5.92 Å². The van der Waals surface area contributed by atoms with Crippen molar-refractivity contribution in [3.05, 3.63) is 0 Å². The van der Waals surface area contributed by atoms with Crippen LogP contribution in [0.5, 0.6) is 0 Å². The molecule has 0 aromatic heterocycles. The van der Waals surface area contributed by atoms with Crippen molar-refractivity contribution in [1.82, 2.24) is 0 Å². The molecule has 0 amide bonds. The smallest absolute Gasteiger partial charge is 0.123 e. The molecule has 6 N–H and O–H groups in total. The molecule has 0 aliphatic carbocycles. The minimum absolute atomic E-state index is 0.150. The standard InChI is InChI=1S/C9H19N3O.C2H4O.CH5N/c10-5-1-3-9(7-13)4-2-6-12-8-11;1-2-3;1-2/h7-9H,1-6,10H2,(H2,11,12);2H,1H3;2H2,1H3. The van der Waals surface area contributed by atoms with E-state index in [4.69, 9.17) is 16.3 Å². The Kier molecular flexibility index (Phi) is 30.3. The summed E-state index contributed by atoms with van der Waals surface area (Å²) in [5.74, 6) is 0.150. The van der Waals surface area contributed by atoms with E-state index in [1.54, 1.807) is 0 Å². The van der Waals surface area contributed by atoms with Gasteiger partial charge >= 0.3 is 0 Å². The first-order valence-corrected chi connectivity index (χ1v) is 6.09. The van der Waals surface area contributed by atoms with E-state index in [1.165, 1.54) is 20.3 Å². The number of aliphatic imine (C=N–C) groups is 1. The zero-order valence-corrected chi connectivity index (χ0v) is 11.5. The van der Waals surface area contributed by atoms with E-state index in [9.17, 15) is 4.79 Å². The number of carbonyl (C=O) groups is 2. The lowest BCUT2D eigenvalue weighted by Gasteiger charge is -2.07. The predicted octanol–water partition coefficient (Wildman–Crippen LogP) is 0.0877. The molecule has 108 valence electrons. The molecular formula is C12H28N4O2. The van der Waals surface area contributed by atoms with Crippen LogP contribution in [0.25, 0.3) is 0 Å². The molecule has 0 aromatic rings. The predicted molar refractivity (Wildman–Crippen MR) is 76.5 cm³/mol. The highest BCUT2D eigenvalue weighted by molar-refractivity contribution is 5.53. The van der Waals surface area contributed by atoms with E-state index in [0.29, 0.717) is 13.1 Å². The van der Waals surface area contributed by atoms with Gasteiger partial charge in [-0.1, -0.05) is 0 Å². The molecule has 18 heavy (non-hydrogen) atoms. The molecular weight excluding hydrogens is 232 g/mol.